The van der Waals surface area contributed by atoms with Gasteiger partial charge in [0.1, 0.15) is 12.1 Å². The summed E-state index contributed by atoms with van der Waals surface area (Å²) in [4.78, 5) is 15.1. The van der Waals surface area contributed by atoms with Crippen molar-refractivity contribution in [3.63, 3.8) is 0 Å². The fraction of sp³-hybridized carbons (Fsp3) is 0.632. The third-order valence-electron chi connectivity index (χ3n) is 5.56. The summed E-state index contributed by atoms with van der Waals surface area (Å²) in [7, 11) is 0. The van der Waals surface area contributed by atoms with Crippen LogP contribution in [0.3, 0.4) is 0 Å². The summed E-state index contributed by atoms with van der Waals surface area (Å²) in [5.74, 6) is 0.766. The lowest BCUT2D eigenvalue weighted by Gasteiger charge is -2.38. The van der Waals surface area contributed by atoms with Crippen LogP contribution >= 0.6 is 0 Å². The Morgan fingerprint density at radius 1 is 1.09 bits per heavy atom. The van der Waals surface area contributed by atoms with Gasteiger partial charge in [-0.25, -0.2) is 0 Å². The molecule has 0 aromatic heterocycles. The number of rotatable bonds is 3. The molecule has 4 rings (SSSR count). The van der Waals surface area contributed by atoms with Crippen molar-refractivity contribution in [3.05, 3.63) is 35.9 Å². The van der Waals surface area contributed by atoms with Gasteiger partial charge in [0, 0.05) is 6.54 Å². The molecule has 3 fully saturated rings. The molecule has 4 atom stereocenters. The molecule has 1 heterocycles. The monoisotopic (exact) mass is 314 g/mol. The standard InChI is InChI=1S/C19H26N2O2/c20-17-18(14-6-2-1-3-7-14)23-16-9-5-4-8-15(16)21(19(17)22)12-13-10-11-13/h1-3,6-7,13,15-18H,4-5,8-12,20H2/t15-,16-,17+,18+/m0/s1. The zero-order valence-corrected chi connectivity index (χ0v) is 13.6. The summed E-state index contributed by atoms with van der Waals surface area (Å²) in [6.07, 6.45) is 6.77. The van der Waals surface area contributed by atoms with Crippen molar-refractivity contribution in [2.24, 2.45) is 11.7 Å². The second-order valence-electron chi connectivity index (χ2n) is 7.32. The number of nitrogens with zero attached hydrogens (tertiary/aromatic N) is 1. The van der Waals surface area contributed by atoms with Crippen LogP contribution in [-0.4, -0.2) is 35.5 Å². The van der Waals surface area contributed by atoms with Crippen LogP contribution in [0.25, 0.3) is 0 Å². The minimum atomic E-state index is -0.596. The molecule has 1 aromatic carbocycles. The van der Waals surface area contributed by atoms with Crippen LogP contribution in [0.1, 0.15) is 50.2 Å². The maximum Gasteiger partial charge on any atom is 0.242 e. The molecule has 0 bridgehead atoms. The van der Waals surface area contributed by atoms with Crippen LogP contribution < -0.4 is 5.73 Å². The summed E-state index contributed by atoms with van der Waals surface area (Å²) >= 11 is 0. The summed E-state index contributed by atoms with van der Waals surface area (Å²) in [6, 6.07) is 9.62. The Hall–Kier alpha value is -1.39. The van der Waals surface area contributed by atoms with Crippen molar-refractivity contribution in [2.45, 2.75) is 62.8 Å². The van der Waals surface area contributed by atoms with E-state index >= 15 is 0 Å². The van der Waals surface area contributed by atoms with Gasteiger partial charge in [0.25, 0.3) is 0 Å². The van der Waals surface area contributed by atoms with Crippen molar-refractivity contribution in [1.82, 2.24) is 4.90 Å². The van der Waals surface area contributed by atoms with Gasteiger partial charge in [0.2, 0.25) is 5.91 Å². The number of carbonyl (C=O) groups is 1. The molecule has 4 heteroatoms. The van der Waals surface area contributed by atoms with E-state index in [1.807, 2.05) is 30.3 Å². The van der Waals surface area contributed by atoms with Gasteiger partial charge in [-0.15, -0.1) is 0 Å². The number of nitrogens with two attached hydrogens (primary N) is 1. The summed E-state index contributed by atoms with van der Waals surface area (Å²) in [5, 5.41) is 0. The zero-order valence-electron chi connectivity index (χ0n) is 13.6. The van der Waals surface area contributed by atoms with Gasteiger partial charge in [0.05, 0.1) is 12.1 Å². The molecule has 124 valence electrons. The summed E-state index contributed by atoms with van der Waals surface area (Å²) < 4.78 is 6.43. The fourth-order valence-electron chi connectivity index (χ4n) is 4.08. The smallest absolute Gasteiger partial charge is 0.242 e. The van der Waals surface area contributed by atoms with Gasteiger partial charge in [0.15, 0.2) is 0 Å². The second-order valence-corrected chi connectivity index (χ2v) is 7.32. The van der Waals surface area contributed by atoms with Crippen LogP contribution in [-0.2, 0) is 9.53 Å². The van der Waals surface area contributed by atoms with E-state index in [0.717, 1.165) is 24.9 Å². The predicted molar refractivity (Wildman–Crippen MR) is 88.7 cm³/mol. The normalized spacial score (nSPS) is 34.8. The van der Waals surface area contributed by atoms with Crippen LogP contribution in [0.4, 0.5) is 0 Å². The molecule has 23 heavy (non-hydrogen) atoms. The summed E-state index contributed by atoms with van der Waals surface area (Å²) in [6.45, 7) is 0.874. The quantitative estimate of drug-likeness (QED) is 0.933. The lowest BCUT2D eigenvalue weighted by atomic mass is 9.91. The first-order valence-electron chi connectivity index (χ1n) is 9.00. The molecule has 0 unspecified atom stereocenters. The lowest BCUT2D eigenvalue weighted by molar-refractivity contribution is -0.135. The van der Waals surface area contributed by atoms with Crippen LogP contribution in [0.15, 0.2) is 30.3 Å². The number of hydrogen-bond donors (Lipinski definition) is 1. The number of carbonyl (C=O) groups excluding carboxylic acids is 1. The van der Waals surface area contributed by atoms with E-state index in [1.54, 1.807) is 0 Å². The first kappa shape index (κ1) is 15.2. The molecule has 3 aliphatic rings. The van der Waals surface area contributed by atoms with Crippen LogP contribution in [0.2, 0.25) is 0 Å². The lowest BCUT2D eigenvalue weighted by Crippen LogP contribution is -2.51. The molecular weight excluding hydrogens is 288 g/mol. The third kappa shape index (κ3) is 3.02. The average Bonchev–Trinajstić information content (AvgIpc) is 3.42. The van der Waals surface area contributed by atoms with Crippen molar-refractivity contribution in [2.75, 3.05) is 6.54 Å². The molecule has 2 aliphatic carbocycles. The molecule has 1 amide bonds. The molecule has 0 radical (unpaired) electrons. The molecule has 2 N–H and O–H groups in total. The van der Waals surface area contributed by atoms with Crippen molar-refractivity contribution < 1.29 is 9.53 Å². The first-order valence-corrected chi connectivity index (χ1v) is 9.00. The number of ether oxygens (including phenoxy) is 1. The first-order chi connectivity index (χ1) is 11.2. The van der Waals surface area contributed by atoms with E-state index in [2.05, 4.69) is 4.90 Å². The third-order valence-corrected chi connectivity index (χ3v) is 5.56. The van der Waals surface area contributed by atoms with Crippen molar-refractivity contribution >= 4 is 5.91 Å². The Morgan fingerprint density at radius 3 is 2.57 bits per heavy atom. The second kappa shape index (κ2) is 6.25. The van der Waals surface area contributed by atoms with E-state index in [0.29, 0.717) is 5.92 Å². The number of hydrogen-bond acceptors (Lipinski definition) is 3. The van der Waals surface area contributed by atoms with Crippen molar-refractivity contribution in [1.29, 1.82) is 0 Å². The molecule has 0 spiro atoms. The van der Waals surface area contributed by atoms with Gasteiger partial charge in [-0.3, -0.25) is 4.79 Å². The Kier molecular flexibility index (Phi) is 4.12. The van der Waals surface area contributed by atoms with E-state index in [4.69, 9.17) is 10.5 Å². The molecule has 1 aromatic rings. The largest absolute Gasteiger partial charge is 0.366 e. The van der Waals surface area contributed by atoms with Gasteiger partial charge < -0.3 is 15.4 Å². The van der Waals surface area contributed by atoms with Gasteiger partial charge in [-0.1, -0.05) is 43.2 Å². The number of fused-ring (bicyclic) bond motifs is 1. The molecule has 1 saturated heterocycles. The Labute approximate surface area is 138 Å². The highest BCUT2D eigenvalue weighted by Crippen LogP contribution is 2.38. The molecule has 4 nitrogen and oxygen atoms in total. The highest BCUT2D eigenvalue weighted by molar-refractivity contribution is 5.83. The maximum atomic E-state index is 13.1. The molecule has 2 saturated carbocycles. The average molecular weight is 314 g/mol. The minimum Gasteiger partial charge on any atom is -0.366 e. The van der Waals surface area contributed by atoms with Gasteiger partial charge >= 0.3 is 0 Å². The van der Waals surface area contributed by atoms with E-state index < -0.39 is 6.04 Å². The Bertz CT molecular complexity index is 558. The highest BCUT2D eigenvalue weighted by Gasteiger charge is 2.45. The zero-order chi connectivity index (χ0) is 15.8. The maximum absolute atomic E-state index is 13.1. The molecular formula is C19H26N2O2. The minimum absolute atomic E-state index is 0.0835. The van der Waals surface area contributed by atoms with Gasteiger partial charge in [-0.2, -0.15) is 0 Å². The topological polar surface area (TPSA) is 55.6 Å². The SMILES string of the molecule is N[C@H]1C(=O)N(CC2CC2)[C@H]2CCCC[C@@H]2O[C@@H]1c1ccccc1. The predicted octanol–water partition coefficient (Wildman–Crippen LogP) is 2.63. The van der Waals surface area contributed by atoms with Crippen molar-refractivity contribution in [3.8, 4) is 0 Å². The Morgan fingerprint density at radius 2 is 1.83 bits per heavy atom. The number of benzene rings is 1. The van der Waals surface area contributed by atoms with Crippen LogP contribution in [0.5, 0.6) is 0 Å². The highest BCUT2D eigenvalue weighted by atomic mass is 16.5. The summed E-state index contributed by atoms with van der Waals surface area (Å²) in [5.41, 5.74) is 7.40. The molecule has 1 aliphatic heterocycles. The van der Waals surface area contributed by atoms with Gasteiger partial charge in [-0.05, 0) is 37.2 Å². The van der Waals surface area contributed by atoms with E-state index in [9.17, 15) is 4.79 Å². The van der Waals surface area contributed by atoms with E-state index in [-0.39, 0.29) is 24.2 Å². The number of amides is 1. The Balaban J connectivity index is 1.65. The van der Waals surface area contributed by atoms with E-state index in [1.165, 1.54) is 25.7 Å². The fourth-order valence-corrected chi connectivity index (χ4v) is 4.08. The van der Waals surface area contributed by atoms with Crippen LogP contribution in [0, 0.1) is 5.92 Å².